The van der Waals surface area contributed by atoms with E-state index in [2.05, 4.69) is 5.10 Å². The first-order chi connectivity index (χ1) is 16.7. The Morgan fingerprint density at radius 3 is 2.74 bits per heavy atom. The van der Waals surface area contributed by atoms with E-state index in [1.165, 1.54) is 34.2 Å². The van der Waals surface area contributed by atoms with Crippen LogP contribution in [0.5, 0.6) is 0 Å². The molecular formula is C26H23F3N4OS. The van der Waals surface area contributed by atoms with Gasteiger partial charge >= 0.3 is 6.18 Å². The van der Waals surface area contributed by atoms with Crippen LogP contribution in [0.3, 0.4) is 0 Å². The molecule has 0 aliphatic carbocycles. The van der Waals surface area contributed by atoms with Gasteiger partial charge in [-0.25, -0.2) is 0 Å². The summed E-state index contributed by atoms with van der Waals surface area (Å²) in [5, 5.41) is 27.2. The van der Waals surface area contributed by atoms with Gasteiger partial charge in [0, 0.05) is 29.9 Å². The summed E-state index contributed by atoms with van der Waals surface area (Å²) >= 11 is 1.52. The summed E-state index contributed by atoms with van der Waals surface area (Å²) in [6, 6.07) is 16.1. The minimum atomic E-state index is -4.95. The van der Waals surface area contributed by atoms with Gasteiger partial charge in [-0.05, 0) is 54.1 Å². The van der Waals surface area contributed by atoms with Crippen molar-refractivity contribution in [2.75, 3.05) is 13.1 Å². The predicted octanol–water partition coefficient (Wildman–Crippen LogP) is 5.13. The molecule has 0 saturated carbocycles. The van der Waals surface area contributed by atoms with Crippen molar-refractivity contribution in [2.24, 2.45) is 0 Å². The van der Waals surface area contributed by atoms with E-state index in [-0.39, 0.29) is 11.9 Å². The lowest BCUT2D eigenvalue weighted by Gasteiger charge is -2.36. The Morgan fingerprint density at radius 2 is 2.00 bits per heavy atom. The highest BCUT2D eigenvalue weighted by Crippen LogP contribution is 2.43. The third kappa shape index (κ3) is 4.33. The number of aliphatic hydroxyl groups is 1. The van der Waals surface area contributed by atoms with Crippen LogP contribution in [-0.4, -0.2) is 39.1 Å². The molecule has 2 aromatic heterocycles. The van der Waals surface area contributed by atoms with Crippen molar-refractivity contribution in [1.29, 1.82) is 5.26 Å². The van der Waals surface area contributed by atoms with Crippen LogP contribution < -0.4 is 0 Å². The van der Waals surface area contributed by atoms with Crippen LogP contribution in [0, 0.1) is 18.3 Å². The average molecular weight is 497 g/mol. The minimum Gasteiger partial charge on any atom is -0.374 e. The Labute approximate surface area is 204 Å². The van der Waals surface area contributed by atoms with Crippen molar-refractivity contribution in [1.82, 2.24) is 14.7 Å². The molecule has 0 fully saturated rings. The number of benzene rings is 2. The summed E-state index contributed by atoms with van der Waals surface area (Å²) in [5.41, 5.74) is 0.106. The van der Waals surface area contributed by atoms with Gasteiger partial charge in [-0.2, -0.15) is 23.5 Å². The smallest absolute Gasteiger partial charge is 0.374 e. The summed E-state index contributed by atoms with van der Waals surface area (Å²) in [7, 11) is 0. The molecule has 3 heterocycles. The fraction of sp³-hybridized carbons (Fsp3) is 0.308. The fourth-order valence-corrected chi connectivity index (χ4v) is 5.67. The molecule has 4 aromatic rings. The summed E-state index contributed by atoms with van der Waals surface area (Å²) < 4.78 is 45.2. The summed E-state index contributed by atoms with van der Waals surface area (Å²) in [5.74, 6) is 0. The lowest BCUT2D eigenvalue weighted by atomic mass is 9.93. The van der Waals surface area contributed by atoms with E-state index >= 15 is 0 Å². The van der Waals surface area contributed by atoms with Gasteiger partial charge in [0.2, 0.25) is 5.60 Å². The number of β-amino-alcohol motifs (C(OH)–C–C–N with tert-alkyl or cyclic N) is 1. The molecule has 0 saturated heterocycles. The maximum absolute atomic E-state index is 14.6. The lowest BCUT2D eigenvalue weighted by Crippen LogP contribution is -2.52. The molecule has 0 spiro atoms. The Kier molecular flexibility index (Phi) is 5.91. The number of nitriles is 1. The van der Waals surface area contributed by atoms with Crippen LogP contribution in [0.4, 0.5) is 13.2 Å². The average Bonchev–Trinajstić information content (AvgIpc) is 3.42. The van der Waals surface area contributed by atoms with E-state index in [1.807, 2.05) is 48.7 Å². The number of hydrogen-bond acceptors (Lipinski definition) is 5. The zero-order valence-corrected chi connectivity index (χ0v) is 19.8. The van der Waals surface area contributed by atoms with Crippen molar-refractivity contribution in [2.45, 2.75) is 38.2 Å². The second-order valence-corrected chi connectivity index (χ2v) is 10.0. The van der Waals surface area contributed by atoms with Crippen molar-refractivity contribution < 1.29 is 18.3 Å². The lowest BCUT2D eigenvalue weighted by molar-refractivity contribution is -0.273. The Balaban J connectivity index is 1.60. The van der Waals surface area contributed by atoms with Gasteiger partial charge in [0.05, 0.1) is 23.7 Å². The highest BCUT2D eigenvalue weighted by molar-refractivity contribution is 7.10. The van der Waals surface area contributed by atoms with Crippen LogP contribution in [0.25, 0.3) is 10.9 Å². The SMILES string of the molecule is Cc1cccc(Cn2nc(C(O)(CN3CCc4ccsc4C3)C(F)(F)F)c3ccc(C#N)cc32)c1. The minimum absolute atomic E-state index is 0.185. The number of thiophene rings is 1. The summed E-state index contributed by atoms with van der Waals surface area (Å²) in [6.45, 7) is 2.30. The molecule has 5 nitrogen and oxygen atoms in total. The molecule has 9 heteroatoms. The molecule has 2 aromatic carbocycles. The third-order valence-electron chi connectivity index (χ3n) is 6.51. The van der Waals surface area contributed by atoms with Crippen molar-refractivity contribution >= 4 is 22.2 Å². The van der Waals surface area contributed by atoms with Crippen LogP contribution >= 0.6 is 11.3 Å². The fourth-order valence-electron chi connectivity index (χ4n) is 4.70. The number of halogens is 3. The number of aromatic nitrogens is 2. The van der Waals surface area contributed by atoms with Gasteiger partial charge in [-0.15, -0.1) is 11.3 Å². The molecule has 180 valence electrons. The summed E-state index contributed by atoms with van der Waals surface area (Å²) in [6.07, 6.45) is -4.31. The largest absolute Gasteiger partial charge is 0.424 e. The van der Waals surface area contributed by atoms with Crippen LogP contribution in [-0.2, 0) is 25.1 Å². The zero-order chi connectivity index (χ0) is 24.8. The number of alkyl halides is 3. The van der Waals surface area contributed by atoms with E-state index in [0.29, 0.717) is 30.6 Å². The Hall–Kier alpha value is -3.19. The monoisotopic (exact) mass is 496 g/mol. The number of hydrogen-bond donors (Lipinski definition) is 1. The Bertz CT molecular complexity index is 1430. The molecular weight excluding hydrogens is 473 g/mol. The van der Waals surface area contributed by atoms with Gasteiger partial charge in [-0.3, -0.25) is 9.58 Å². The standard InChI is InChI=1S/C26H23F3N4OS/c1-17-3-2-4-19(11-17)14-33-22-12-18(13-30)5-6-21(22)24(31-33)25(34,26(27,28)29)16-32-9-7-20-8-10-35-23(20)15-32/h2-6,8,10-12,34H,7,9,14-16H2,1H3. The van der Waals surface area contributed by atoms with Gasteiger partial charge in [0.1, 0.15) is 5.69 Å². The van der Waals surface area contributed by atoms with Crippen LogP contribution in [0.15, 0.2) is 53.9 Å². The van der Waals surface area contributed by atoms with Crippen LogP contribution in [0.1, 0.15) is 32.8 Å². The van der Waals surface area contributed by atoms with E-state index in [0.717, 1.165) is 21.6 Å². The van der Waals surface area contributed by atoms with Gasteiger partial charge in [0.15, 0.2) is 0 Å². The van der Waals surface area contributed by atoms with Gasteiger partial charge < -0.3 is 5.11 Å². The number of aryl methyl sites for hydroxylation is 1. The second kappa shape index (κ2) is 8.79. The number of fused-ring (bicyclic) bond motifs is 2. The van der Waals surface area contributed by atoms with Crippen molar-refractivity contribution in [3.63, 3.8) is 0 Å². The molecule has 0 amide bonds. The van der Waals surface area contributed by atoms with Crippen molar-refractivity contribution in [3.05, 3.63) is 86.7 Å². The molecule has 35 heavy (non-hydrogen) atoms. The highest BCUT2D eigenvalue weighted by Gasteiger charge is 2.58. The zero-order valence-electron chi connectivity index (χ0n) is 19.0. The molecule has 1 aliphatic heterocycles. The van der Waals surface area contributed by atoms with E-state index in [4.69, 9.17) is 0 Å². The highest BCUT2D eigenvalue weighted by atomic mass is 32.1. The first-order valence-corrected chi connectivity index (χ1v) is 12.1. The molecule has 1 atom stereocenters. The quantitative estimate of drug-likeness (QED) is 0.416. The normalized spacial score (nSPS) is 16.1. The first kappa shape index (κ1) is 23.5. The van der Waals surface area contributed by atoms with Crippen LogP contribution in [0.2, 0.25) is 0 Å². The Morgan fingerprint density at radius 1 is 1.17 bits per heavy atom. The maximum Gasteiger partial charge on any atom is 0.424 e. The summed E-state index contributed by atoms with van der Waals surface area (Å²) in [4.78, 5) is 2.66. The molecule has 5 rings (SSSR count). The molecule has 0 bridgehead atoms. The predicted molar refractivity (Wildman–Crippen MR) is 128 cm³/mol. The molecule has 1 unspecified atom stereocenters. The van der Waals surface area contributed by atoms with Crippen molar-refractivity contribution in [3.8, 4) is 6.07 Å². The number of rotatable bonds is 5. The molecule has 1 aliphatic rings. The van der Waals surface area contributed by atoms with E-state index in [9.17, 15) is 23.5 Å². The maximum atomic E-state index is 14.6. The first-order valence-electron chi connectivity index (χ1n) is 11.2. The topological polar surface area (TPSA) is 65.1 Å². The molecule has 0 radical (unpaired) electrons. The second-order valence-electron chi connectivity index (χ2n) is 9.03. The number of nitrogens with zero attached hydrogens (tertiary/aromatic N) is 4. The van der Waals surface area contributed by atoms with Gasteiger partial charge in [-0.1, -0.05) is 29.8 Å². The van der Waals surface area contributed by atoms with E-state index < -0.39 is 24.0 Å². The third-order valence-corrected chi connectivity index (χ3v) is 7.46. The van der Waals surface area contributed by atoms with E-state index in [1.54, 1.807) is 4.90 Å². The molecule has 1 N–H and O–H groups in total. The van der Waals surface area contributed by atoms with Gasteiger partial charge in [0.25, 0.3) is 0 Å².